The van der Waals surface area contributed by atoms with Crippen molar-refractivity contribution in [2.75, 3.05) is 0 Å². The number of thiazole rings is 1. The van der Waals surface area contributed by atoms with E-state index in [1.54, 1.807) is 28.9 Å². The van der Waals surface area contributed by atoms with Gasteiger partial charge in [-0.05, 0) is 61.5 Å². The van der Waals surface area contributed by atoms with Gasteiger partial charge in [-0.25, -0.2) is 9.67 Å². The van der Waals surface area contributed by atoms with E-state index in [0.717, 1.165) is 16.1 Å². The van der Waals surface area contributed by atoms with Crippen LogP contribution >= 0.6 is 11.3 Å². The third-order valence-electron chi connectivity index (χ3n) is 5.47. The maximum atomic E-state index is 12.6. The summed E-state index contributed by atoms with van der Waals surface area (Å²) in [5.41, 5.74) is 4.42. The Morgan fingerprint density at radius 2 is 1.30 bits per heavy atom. The molecule has 0 N–H and O–H groups in total. The zero-order valence-corrected chi connectivity index (χ0v) is 20.1. The summed E-state index contributed by atoms with van der Waals surface area (Å²) in [5.74, 6) is 0.0761. The van der Waals surface area contributed by atoms with Gasteiger partial charge in [0.25, 0.3) is 0 Å². The lowest BCUT2D eigenvalue weighted by atomic mass is 10.1. The van der Waals surface area contributed by atoms with Crippen LogP contribution < -0.4 is 9.47 Å². The van der Waals surface area contributed by atoms with Gasteiger partial charge in [-0.15, -0.1) is 0 Å². The Balaban J connectivity index is 1.58. The molecular weight excluding hydrogens is 506 g/mol. The predicted octanol–water partition coefficient (Wildman–Crippen LogP) is 7.84. The maximum Gasteiger partial charge on any atom is 0.387 e. The molecule has 5 aromatic rings. The Hall–Kier alpha value is -4.18. The van der Waals surface area contributed by atoms with Crippen LogP contribution in [0.2, 0.25) is 0 Å². The molecule has 0 bridgehead atoms. The van der Waals surface area contributed by atoms with E-state index in [2.05, 4.69) is 9.47 Å². The molecule has 0 saturated carbocycles. The van der Waals surface area contributed by atoms with Crippen molar-refractivity contribution in [1.82, 2.24) is 14.8 Å². The van der Waals surface area contributed by atoms with Crippen molar-refractivity contribution in [3.63, 3.8) is 0 Å². The first-order valence-electron chi connectivity index (χ1n) is 11.1. The second-order valence-electron chi connectivity index (χ2n) is 7.90. The number of ether oxygens (including phenoxy) is 2. The van der Waals surface area contributed by atoms with Gasteiger partial charge < -0.3 is 9.47 Å². The highest BCUT2D eigenvalue weighted by molar-refractivity contribution is 7.14. The van der Waals surface area contributed by atoms with Gasteiger partial charge >= 0.3 is 13.2 Å². The first kappa shape index (κ1) is 24.5. The van der Waals surface area contributed by atoms with E-state index in [9.17, 15) is 17.6 Å². The van der Waals surface area contributed by atoms with Crippen LogP contribution in [0.1, 0.15) is 4.88 Å². The fraction of sp³-hybridized carbons (Fsp3) is 0.111. The normalized spacial score (nSPS) is 11.3. The zero-order valence-electron chi connectivity index (χ0n) is 19.3. The Morgan fingerprint density at radius 1 is 0.730 bits per heavy atom. The summed E-state index contributed by atoms with van der Waals surface area (Å²) in [6.45, 7) is -3.86. The fourth-order valence-electron chi connectivity index (χ4n) is 3.82. The second kappa shape index (κ2) is 10.4. The van der Waals surface area contributed by atoms with Crippen molar-refractivity contribution in [3.8, 4) is 50.4 Å². The molecule has 0 unspecified atom stereocenters. The molecule has 0 atom stereocenters. The van der Waals surface area contributed by atoms with Crippen LogP contribution in [0.5, 0.6) is 11.5 Å². The second-order valence-corrected chi connectivity index (χ2v) is 9.08. The average molecular weight is 526 g/mol. The molecule has 0 aliphatic rings. The molecule has 0 radical (unpaired) electrons. The lowest BCUT2D eigenvalue weighted by Gasteiger charge is -2.07. The highest BCUT2D eigenvalue weighted by Gasteiger charge is 2.19. The monoisotopic (exact) mass is 525 g/mol. The molecule has 0 spiro atoms. The van der Waals surface area contributed by atoms with E-state index in [4.69, 9.17) is 10.1 Å². The van der Waals surface area contributed by atoms with E-state index < -0.39 is 13.2 Å². The van der Waals surface area contributed by atoms with Gasteiger partial charge in [-0.1, -0.05) is 41.7 Å². The van der Waals surface area contributed by atoms with Crippen LogP contribution in [0.25, 0.3) is 38.9 Å². The van der Waals surface area contributed by atoms with Crippen LogP contribution in [-0.2, 0) is 0 Å². The number of hydrogen-bond acceptors (Lipinski definition) is 5. The molecule has 188 valence electrons. The molecule has 2 aromatic heterocycles. The van der Waals surface area contributed by atoms with Crippen molar-refractivity contribution >= 4 is 11.3 Å². The van der Waals surface area contributed by atoms with E-state index >= 15 is 0 Å². The number of nitrogens with zero attached hydrogens (tertiary/aromatic N) is 3. The number of alkyl halides is 4. The van der Waals surface area contributed by atoms with E-state index in [1.807, 2.05) is 43.3 Å². The molecule has 5 nitrogen and oxygen atoms in total. The van der Waals surface area contributed by atoms with Gasteiger partial charge in [0.05, 0.1) is 17.1 Å². The summed E-state index contributed by atoms with van der Waals surface area (Å²) in [4.78, 5) is 5.84. The van der Waals surface area contributed by atoms with Gasteiger partial charge in [0.2, 0.25) is 5.13 Å². The largest absolute Gasteiger partial charge is 0.435 e. The number of hydrogen-bond donors (Lipinski definition) is 0. The van der Waals surface area contributed by atoms with Crippen molar-refractivity contribution in [2.24, 2.45) is 0 Å². The van der Waals surface area contributed by atoms with Crippen LogP contribution in [0, 0.1) is 6.92 Å². The lowest BCUT2D eigenvalue weighted by molar-refractivity contribution is -0.0505. The first-order chi connectivity index (χ1) is 17.9. The molecular formula is C27H19F4N3O2S. The third-order valence-corrected chi connectivity index (χ3v) is 6.42. The first-order valence-corrected chi connectivity index (χ1v) is 11.9. The van der Waals surface area contributed by atoms with Crippen molar-refractivity contribution in [3.05, 3.63) is 89.8 Å². The lowest BCUT2D eigenvalue weighted by Crippen LogP contribution is -2.02. The zero-order chi connectivity index (χ0) is 25.9. The van der Waals surface area contributed by atoms with Crippen LogP contribution in [0.4, 0.5) is 17.6 Å². The van der Waals surface area contributed by atoms with Gasteiger partial charge in [-0.3, -0.25) is 0 Å². The van der Waals surface area contributed by atoms with Gasteiger partial charge in [0.1, 0.15) is 11.5 Å². The van der Waals surface area contributed by atoms with Gasteiger partial charge in [0.15, 0.2) is 0 Å². The molecule has 2 heterocycles. The van der Waals surface area contributed by atoms with Gasteiger partial charge in [0, 0.05) is 21.6 Å². The Labute approximate surface area is 213 Å². The molecule has 0 aliphatic heterocycles. The topological polar surface area (TPSA) is 49.2 Å². The minimum Gasteiger partial charge on any atom is -0.435 e. The summed E-state index contributed by atoms with van der Waals surface area (Å²) in [5, 5.41) is 5.38. The summed E-state index contributed by atoms with van der Waals surface area (Å²) in [6.07, 6.45) is 0. The molecule has 0 aliphatic carbocycles. The van der Waals surface area contributed by atoms with E-state index in [-0.39, 0.29) is 11.5 Å². The molecule has 0 fully saturated rings. The minimum absolute atomic E-state index is 0.0380. The number of halogens is 4. The summed E-state index contributed by atoms with van der Waals surface area (Å²) < 4.78 is 60.9. The fourth-order valence-corrected chi connectivity index (χ4v) is 4.72. The molecule has 0 amide bonds. The number of aryl methyl sites for hydroxylation is 1. The highest BCUT2D eigenvalue weighted by Crippen LogP contribution is 2.35. The molecule has 10 heteroatoms. The molecule has 0 saturated heterocycles. The average Bonchev–Trinajstić information content (AvgIpc) is 3.49. The highest BCUT2D eigenvalue weighted by atomic mass is 32.1. The molecule has 3 aromatic carbocycles. The number of rotatable bonds is 8. The van der Waals surface area contributed by atoms with Crippen molar-refractivity contribution in [2.45, 2.75) is 20.1 Å². The summed E-state index contributed by atoms with van der Waals surface area (Å²) >= 11 is 1.46. The molecule has 37 heavy (non-hydrogen) atoms. The SMILES string of the molecule is Cc1sc(-n2nc(-c3ccc(OC(F)F)cc3)cc2-c2ccc(OC(F)F)cc2)nc1-c1ccccc1. The standard InChI is InChI=1S/C27H19F4N3O2S/c1-16-24(19-5-3-2-4-6-19)32-27(37-16)34-23(18-9-13-21(14-10-18)36-26(30)31)15-22(33-34)17-7-11-20(12-8-17)35-25(28)29/h2-15,25-26H,1H3. The Kier molecular flexibility index (Phi) is 6.91. The molecule has 5 rings (SSSR count). The van der Waals surface area contributed by atoms with E-state index in [1.165, 1.54) is 35.6 Å². The van der Waals surface area contributed by atoms with Crippen LogP contribution in [0.15, 0.2) is 84.9 Å². The quantitative estimate of drug-likeness (QED) is 0.194. The van der Waals surface area contributed by atoms with E-state index in [0.29, 0.717) is 27.6 Å². The Morgan fingerprint density at radius 3 is 1.86 bits per heavy atom. The predicted molar refractivity (Wildman–Crippen MR) is 134 cm³/mol. The van der Waals surface area contributed by atoms with Crippen LogP contribution in [-0.4, -0.2) is 28.0 Å². The van der Waals surface area contributed by atoms with Crippen molar-refractivity contribution in [1.29, 1.82) is 0 Å². The minimum atomic E-state index is -2.92. The summed E-state index contributed by atoms with van der Waals surface area (Å²) in [7, 11) is 0. The number of benzene rings is 3. The maximum absolute atomic E-state index is 12.6. The van der Waals surface area contributed by atoms with Crippen LogP contribution in [0.3, 0.4) is 0 Å². The smallest absolute Gasteiger partial charge is 0.387 e. The summed E-state index contributed by atoms with van der Waals surface area (Å²) in [6, 6.07) is 24.0. The van der Waals surface area contributed by atoms with Crippen molar-refractivity contribution < 1.29 is 27.0 Å². The number of aromatic nitrogens is 3. The third kappa shape index (κ3) is 5.49. The Bertz CT molecular complexity index is 1480. The van der Waals surface area contributed by atoms with Gasteiger partial charge in [-0.2, -0.15) is 22.7 Å².